The van der Waals surface area contributed by atoms with Crippen molar-refractivity contribution in [3.63, 3.8) is 0 Å². The van der Waals surface area contributed by atoms with Gasteiger partial charge in [0.25, 0.3) is 0 Å². The Morgan fingerprint density at radius 3 is 2.60 bits per heavy atom. The number of nitrogens with one attached hydrogen (secondary N) is 2. The Morgan fingerprint density at radius 2 is 1.79 bits per heavy atom. The van der Waals surface area contributed by atoms with Crippen LogP contribution in [0.4, 0.5) is 0 Å². The van der Waals surface area contributed by atoms with Crippen LogP contribution in [0.5, 0.6) is 0 Å². The van der Waals surface area contributed by atoms with Crippen LogP contribution in [0.2, 0.25) is 5.02 Å². The van der Waals surface area contributed by atoms with Gasteiger partial charge >= 0.3 is 0 Å². The van der Waals surface area contributed by atoms with Crippen LogP contribution < -0.4 is 5.32 Å². The van der Waals surface area contributed by atoms with Crippen molar-refractivity contribution in [3.05, 3.63) is 130 Å². The summed E-state index contributed by atoms with van der Waals surface area (Å²) in [5.41, 5.74) is 8.52. The van der Waals surface area contributed by atoms with Gasteiger partial charge in [0, 0.05) is 92.6 Å². The van der Waals surface area contributed by atoms with Crippen LogP contribution in [0.1, 0.15) is 33.8 Å². The number of rotatable bonds is 13. The minimum Gasteiger partial charge on any atom is -0.357 e. The topological polar surface area (TPSA) is 72.4 Å². The van der Waals surface area contributed by atoms with Crippen molar-refractivity contribution in [3.8, 4) is 0 Å². The second-order valence-corrected chi connectivity index (χ2v) is 11.5. The van der Waals surface area contributed by atoms with Crippen molar-refractivity contribution in [1.82, 2.24) is 30.1 Å². The average molecular weight is 592 g/mol. The zero-order valence-electron chi connectivity index (χ0n) is 24.4. The van der Waals surface area contributed by atoms with Crippen molar-refractivity contribution in [2.75, 3.05) is 32.7 Å². The van der Waals surface area contributed by atoms with Crippen molar-refractivity contribution in [2.45, 2.75) is 32.6 Å². The predicted octanol–water partition coefficient (Wildman–Crippen LogP) is 5.88. The first-order valence-electron chi connectivity index (χ1n) is 15.0. The molecule has 1 aliphatic heterocycles. The molecule has 1 aliphatic rings. The number of pyridine rings is 2. The molecule has 0 fully saturated rings. The molecule has 4 heterocycles. The van der Waals surface area contributed by atoms with E-state index in [0.29, 0.717) is 0 Å². The summed E-state index contributed by atoms with van der Waals surface area (Å²) in [6.07, 6.45) is 6.54. The zero-order valence-corrected chi connectivity index (χ0v) is 25.2. The molecule has 220 valence electrons. The molecule has 8 heteroatoms. The Kier molecular flexibility index (Phi) is 9.87. The largest absolute Gasteiger partial charge is 0.357 e. The fourth-order valence-corrected chi connectivity index (χ4v) is 5.88. The van der Waals surface area contributed by atoms with Gasteiger partial charge in [-0.05, 0) is 65.6 Å². The Balaban J connectivity index is 1.03. The average Bonchev–Trinajstić information content (AvgIpc) is 3.40. The molecule has 0 radical (unpaired) electrons. The maximum Gasteiger partial charge on any atom is 0.0807 e. The van der Waals surface area contributed by atoms with Gasteiger partial charge in [0.15, 0.2) is 0 Å². The fraction of sp³-hybridized carbons (Fsp3) is 0.286. The van der Waals surface area contributed by atoms with Gasteiger partial charge in [-0.15, -0.1) is 0 Å². The quantitative estimate of drug-likeness (QED) is 0.132. The molecule has 2 aromatic carbocycles. The highest BCUT2D eigenvalue weighted by Crippen LogP contribution is 2.30. The number of aromatic amines is 1. The van der Waals surface area contributed by atoms with Crippen LogP contribution in [-0.2, 0) is 32.6 Å². The number of aliphatic imine (C=N–C) groups is 1. The molecule has 6 rings (SSSR count). The third-order valence-corrected chi connectivity index (χ3v) is 8.18. The molecule has 0 atom stereocenters. The van der Waals surface area contributed by atoms with Gasteiger partial charge < -0.3 is 10.3 Å². The molecule has 0 aliphatic carbocycles. The first-order valence-corrected chi connectivity index (χ1v) is 15.4. The van der Waals surface area contributed by atoms with Gasteiger partial charge in [-0.3, -0.25) is 24.8 Å². The summed E-state index contributed by atoms with van der Waals surface area (Å²) in [7, 11) is 0. The Hall–Kier alpha value is -3.88. The molecule has 0 unspecified atom stereocenters. The molecule has 43 heavy (non-hydrogen) atoms. The SMILES string of the molecule is Clc1ccc2[nH]c3c(c2c1)CCN(Cc1ccc(CN(CC/N=C/c2ccccn2)CCNCc2ccccn2)cc1)C3. The Morgan fingerprint density at radius 1 is 0.953 bits per heavy atom. The minimum atomic E-state index is 0.728. The molecule has 0 amide bonds. The molecule has 0 saturated heterocycles. The van der Waals surface area contributed by atoms with E-state index >= 15 is 0 Å². The number of aromatic nitrogens is 3. The maximum absolute atomic E-state index is 6.27. The van der Waals surface area contributed by atoms with E-state index in [1.807, 2.05) is 48.8 Å². The van der Waals surface area contributed by atoms with Gasteiger partial charge in [0.2, 0.25) is 0 Å². The lowest BCUT2D eigenvalue weighted by Gasteiger charge is -2.27. The van der Waals surface area contributed by atoms with Crippen molar-refractivity contribution in [2.24, 2.45) is 4.99 Å². The molecule has 2 N–H and O–H groups in total. The summed E-state index contributed by atoms with van der Waals surface area (Å²) in [5.74, 6) is 0. The van der Waals surface area contributed by atoms with E-state index in [1.165, 1.54) is 33.3 Å². The molecule has 0 bridgehead atoms. The van der Waals surface area contributed by atoms with Crippen LogP contribution in [0.3, 0.4) is 0 Å². The van der Waals surface area contributed by atoms with Crippen LogP contribution in [0, 0.1) is 0 Å². The van der Waals surface area contributed by atoms with Crippen molar-refractivity contribution < 1.29 is 0 Å². The van der Waals surface area contributed by atoms with Gasteiger partial charge in [-0.25, -0.2) is 0 Å². The summed E-state index contributed by atoms with van der Waals surface area (Å²) in [5, 5.41) is 5.61. The lowest BCUT2D eigenvalue weighted by atomic mass is 10.0. The molecule has 7 nitrogen and oxygen atoms in total. The van der Waals surface area contributed by atoms with Gasteiger partial charge in [0.05, 0.1) is 17.9 Å². The van der Waals surface area contributed by atoms with Crippen LogP contribution >= 0.6 is 11.6 Å². The fourth-order valence-electron chi connectivity index (χ4n) is 5.71. The van der Waals surface area contributed by atoms with Crippen LogP contribution in [0.25, 0.3) is 10.9 Å². The second-order valence-electron chi connectivity index (χ2n) is 11.1. The van der Waals surface area contributed by atoms with E-state index < -0.39 is 0 Å². The van der Waals surface area contributed by atoms with E-state index in [0.717, 1.165) is 81.7 Å². The second kappa shape index (κ2) is 14.5. The third-order valence-electron chi connectivity index (χ3n) is 7.95. The Bertz CT molecular complexity index is 1620. The third kappa shape index (κ3) is 8.15. The number of benzene rings is 2. The number of halogens is 1. The number of fused-ring (bicyclic) bond motifs is 3. The molecular formula is C35H38ClN7. The van der Waals surface area contributed by atoms with Crippen LogP contribution in [0.15, 0.2) is 96.2 Å². The van der Waals surface area contributed by atoms with Crippen LogP contribution in [-0.4, -0.2) is 63.7 Å². The molecule has 0 spiro atoms. The van der Waals surface area contributed by atoms with Gasteiger partial charge in [-0.1, -0.05) is 48.0 Å². The zero-order chi connectivity index (χ0) is 29.3. The minimum absolute atomic E-state index is 0.728. The summed E-state index contributed by atoms with van der Waals surface area (Å²) in [6, 6.07) is 27.2. The summed E-state index contributed by atoms with van der Waals surface area (Å²) < 4.78 is 0. The highest BCUT2D eigenvalue weighted by Gasteiger charge is 2.21. The number of H-pyrrole nitrogens is 1. The highest BCUT2D eigenvalue weighted by molar-refractivity contribution is 6.31. The normalized spacial score (nSPS) is 13.7. The Labute approximate surface area is 258 Å². The van der Waals surface area contributed by atoms with Gasteiger partial charge in [0.1, 0.15) is 0 Å². The highest BCUT2D eigenvalue weighted by atomic mass is 35.5. The van der Waals surface area contributed by atoms with E-state index in [1.54, 1.807) is 6.20 Å². The monoisotopic (exact) mass is 591 g/mol. The predicted molar refractivity (Wildman–Crippen MR) is 175 cm³/mol. The van der Waals surface area contributed by atoms with Gasteiger partial charge in [-0.2, -0.15) is 0 Å². The smallest absolute Gasteiger partial charge is 0.0807 e. The standard InChI is InChI=1S/C35H38ClN7/c36-29-11-12-34-33(21-29)32-13-18-43(26-35(32)41-34)25-28-9-7-27(8-10-28)24-42(19-16-37-22-30-5-1-3-14-39-30)20-17-38-23-31-6-2-4-15-40-31/h1-12,14-15,21-22,38,41H,13,16-20,23-26H2/b37-22+. The van der Waals surface area contributed by atoms with E-state index in [4.69, 9.17) is 11.6 Å². The molecule has 0 saturated carbocycles. The summed E-state index contributed by atoms with van der Waals surface area (Å²) in [6.45, 7) is 8.00. The first kappa shape index (κ1) is 29.2. The molecule has 3 aromatic heterocycles. The lowest BCUT2D eigenvalue weighted by molar-refractivity contribution is 0.243. The lowest BCUT2D eigenvalue weighted by Crippen LogP contribution is -2.33. The maximum atomic E-state index is 6.27. The van der Waals surface area contributed by atoms with E-state index in [-0.39, 0.29) is 0 Å². The number of hydrogen-bond donors (Lipinski definition) is 2. The first-order chi connectivity index (χ1) is 21.2. The van der Waals surface area contributed by atoms with E-state index in [9.17, 15) is 0 Å². The van der Waals surface area contributed by atoms with Crippen molar-refractivity contribution >= 4 is 28.7 Å². The van der Waals surface area contributed by atoms with Crippen molar-refractivity contribution in [1.29, 1.82) is 0 Å². The summed E-state index contributed by atoms with van der Waals surface area (Å²) in [4.78, 5) is 22.0. The molecule has 5 aromatic rings. The summed E-state index contributed by atoms with van der Waals surface area (Å²) >= 11 is 6.27. The number of nitrogens with zero attached hydrogens (tertiary/aromatic N) is 5. The number of hydrogen-bond acceptors (Lipinski definition) is 6. The molecular weight excluding hydrogens is 554 g/mol. The van der Waals surface area contributed by atoms with E-state index in [2.05, 4.69) is 77.5 Å².